The van der Waals surface area contributed by atoms with Crippen LogP contribution in [0.3, 0.4) is 0 Å². The highest BCUT2D eigenvalue weighted by Crippen LogP contribution is 2.21. The zero-order valence-corrected chi connectivity index (χ0v) is 15.9. The molecule has 3 aromatic rings. The van der Waals surface area contributed by atoms with Crippen LogP contribution in [0.25, 0.3) is 0 Å². The fraction of sp³-hybridized carbons (Fsp3) is 0. The van der Waals surface area contributed by atoms with Crippen LogP contribution >= 0.6 is 0 Å². The maximum absolute atomic E-state index is 13.9. The van der Waals surface area contributed by atoms with E-state index in [4.69, 9.17) is 5.73 Å². The molecular formula is C19H14F2N4O4S. The first kappa shape index (κ1) is 20.9. The van der Waals surface area contributed by atoms with Crippen molar-refractivity contribution >= 4 is 33.2 Å². The molecule has 0 aliphatic rings. The van der Waals surface area contributed by atoms with E-state index in [0.29, 0.717) is 11.8 Å². The van der Waals surface area contributed by atoms with Crippen molar-refractivity contribution in [2.24, 2.45) is 5.73 Å². The highest BCUT2D eigenvalue weighted by molar-refractivity contribution is 7.92. The minimum absolute atomic E-state index is 0.00205. The molecule has 0 fully saturated rings. The lowest BCUT2D eigenvalue weighted by molar-refractivity contribution is 0.0992. The number of anilines is 2. The van der Waals surface area contributed by atoms with Crippen molar-refractivity contribution < 1.29 is 26.8 Å². The highest BCUT2D eigenvalue weighted by Gasteiger charge is 2.18. The molecule has 11 heteroatoms. The van der Waals surface area contributed by atoms with E-state index < -0.39 is 44.7 Å². The number of aromatic nitrogens is 1. The van der Waals surface area contributed by atoms with Crippen LogP contribution in [0.5, 0.6) is 0 Å². The van der Waals surface area contributed by atoms with Gasteiger partial charge in [0, 0.05) is 24.0 Å². The van der Waals surface area contributed by atoms with Crippen LogP contribution in [0.4, 0.5) is 20.2 Å². The molecule has 0 bridgehead atoms. The van der Waals surface area contributed by atoms with Crippen LogP contribution in [0.2, 0.25) is 0 Å². The summed E-state index contributed by atoms with van der Waals surface area (Å²) in [5.74, 6) is -4.19. The lowest BCUT2D eigenvalue weighted by Gasteiger charge is -2.10. The number of rotatable bonds is 6. The van der Waals surface area contributed by atoms with Gasteiger partial charge in [-0.1, -0.05) is 0 Å². The Morgan fingerprint density at radius 1 is 0.933 bits per heavy atom. The van der Waals surface area contributed by atoms with E-state index in [2.05, 4.69) is 15.0 Å². The summed E-state index contributed by atoms with van der Waals surface area (Å²) in [6.07, 6.45) is 2.84. The van der Waals surface area contributed by atoms with E-state index in [1.165, 1.54) is 48.8 Å². The Morgan fingerprint density at radius 2 is 1.57 bits per heavy atom. The Kier molecular flexibility index (Phi) is 5.74. The number of carbonyl (C=O) groups is 2. The molecule has 0 atom stereocenters. The molecule has 4 N–H and O–H groups in total. The van der Waals surface area contributed by atoms with Gasteiger partial charge in [0.1, 0.15) is 11.6 Å². The van der Waals surface area contributed by atoms with Gasteiger partial charge in [0.15, 0.2) is 0 Å². The van der Waals surface area contributed by atoms with E-state index >= 15 is 0 Å². The lowest BCUT2D eigenvalue weighted by Crippen LogP contribution is -2.17. The number of sulfonamides is 1. The van der Waals surface area contributed by atoms with Crippen molar-refractivity contribution in [2.45, 2.75) is 4.90 Å². The monoisotopic (exact) mass is 432 g/mol. The number of amides is 2. The number of hydrogen-bond acceptors (Lipinski definition) is 5. The normalized spacial score (nSPS) is 11.0. The molecule has 0 saturated heterocycles. The van der Waals surface area contributed by atoms with Crippen LogP contribution in [-0.2, 0) is 10.0 Å². The number of nitrogens with two attached hydrogens (primary N) is 1. The third-order valence-corrected chi connectivity index (χ3v) is 5.33. The third-order valence-electron chi connectivity index (χ3n) is 3.93. The molecule has 2 aromatic carbocycles. The van der Waals surface area contributed by atoms with Gasteiger partial charge in [-0.25, -0.2) is 17.2 Å². The predicted octanol–water partition coefficient (Wildman–Crippen LogP) is 2.51. The SMILES string of the molecule is NC(=O)c1cc(NC(=O)c2ccc(S(=O)(=O)Nc3ccncc3)cc2)c(F)cc1F. The Labute approximate surface area is 169 Å². The molecule has 0 unspecified atom stereocenters. The zero-order chi connectivity index (χ0) is 21.9. The molecule has 0 radical (unpaired) electrons. The lowest BCUT2D eigenvalue weighted by atomic mass is 10.1. The first-order valence-electron chi connectivity index (χ1n) is 8.30. The van der Waals surface area contributed by atoms with E-state index in [1.54, 1.807) is 0 Å². The van der Waals surface area contributed by atoms with Gasteiger partial charge in [-0.3, -0.25) is 19.3 Å². The summed E-state index contributed by atoms with van der Waals surface area (Å²) in [5, 5.41) is 2.19. The summed E-state index contributed by atoms with van der Waals surface area (Å²) in [6, 6.07) is 8.95. The number of benzene rings is 2. The molecule has 0 aliphatic heterocycles. The average molecular weight is 432 g/mol. The maximum atomic E-state index is 13.9. The fourth-order valence-corrected chi connectivity index (χ4v) is 3.51. The molecule has 0 saturated carbocycles. The number of hydrogen-bond donors (Lipinski definition) is 3. The van der Waals surface area contributed by atoms with Gasteiger partial charge < -0.3 is 11.1 Å². The van der Waals surface area contributed by atoms with Gasteiger partial charge in [0.2, 0.25) is 0 Å². The molecule has 0 aliphatic carbocycles. The molecule has 1 aromatic heterocycles. The zero-order valence-electron chi connectivity index (χ0n) is 15.1. The predicted molar refractivity (Wildman–Crippen MR) is 104 cm³/mol. The van der Waals surface area contributed by atoms with E-state index in [0.717, 1.165) is 6.07 Å². The van der Waals surface area contributed by atoms with Gasteiger partial charge in [0.25, 0.3) is 21.8 Å². The number of pyridine rings is 1. The van der Waals surface area contributed by atoms with Crippen molar-refractivity contribution in [3.63, 3.8) is 0 Å². The summed E-state index contributed by atoms with van der Waals surface area (Å²) in [6.45, 7) is 0. The van der Waals surface area contributed by atoms with Gasteiger partial charge in [-0.15, -0.1) is 0 Å². The van der Waals surface area contributed by atoms with Crippen LogP contribution in [0, 0.1) is 11.6 Å². The van der Waals surface area contributed by atoms with E-state index in [-0.39, 0.29) is 10.5 Å². The largest absolute Gasteiger partial charge is 0.366 e. The second-order valence-corrected chi connectivity index (χ2v) is 7.68. The third kappa shape index (κ3) is 4.58. The van der Waals surface area contributed by atoms with Crippen molar-refractivity contribution in [3.8, 4) is 0 Å². The topological polar surface area (TPSA) is 131 Å². The average Bonchev–Trinajstić information content (AvgIpc) is 2.70. The highest BCUT2D eigenvalue weighted by atomic mass is 32.2. The van der Waals surface area contributed by atoms with Gasteiger partial charge in [-0.2, -0.15) is 0 Å². The summed E-state index contributed by atoms with van der Waals surface area (Å²) in [4.78, 5) is 27.2. The molecule has 8 nitrogen and oxygen atoms in total. The summed E-state index contributed by atoms with van der Waals surface area (Å²) >= 11 is 0. The van der Waals surface area contributed by atoms with E-state index in [1.807, 2.05) is 0 Å². The number of nitrogens with one attached hydrogen (secondary N) is 2. The first-order chi connectivity index (χ1) is 14.2. The molecule has 30 heavy (non-hydrogen) atoms. The summed E-state index contributed by atoms with van der Waals surface area (Å²) < 4.78 is 54.6. The Balaban J connectivity index is 1.79. The molecule has 154 valence electrons. The standard InChI is InChI=1S/C19H14F2N4O4S/c20-15-10-16(21)17(9-14(15)18(22)26)24-19(27)11-1-3-13(4-2-11)30(28,29)25-12-5-7-23-8-6-12/h1-10H,(H2,22,26)(H,23,25)(H,24,27). The first-order valence-corrected chi connectivity index (χ1v) is 9.79. The van der Waals surface area contributed by atoms with Crippen molar-refractivity contribution in [2.75, 3.05) is 10.0 Å². The van der Waals surface area contributed by atoms with Crippen molar-refractivity contribution in [1.82, 2.24) is 4.98 Å². The molecule has 2 amide bonds. The number of halogens is 2. The summed E-state index contributed by atoms with van der Waals surface area (Å²) in [7, 11) is -3.90. The maximum Gasteiger partial charge on any atom is 0.261 e. The number of nitrogens with zero attached hydrogens (tertiary/aromatic N) is 1. The fourth-order valence-electron chi connectivity index (χ4n) is 2.45. The van der Waals surface area contributed by atoms with Crippen LogP contribution in [0.15, 0.2) is 65.8 Å². The molecule has 0 spiro atoms. The molecule has 3 rings (SSSR count). The minimum atomic E-state index is -3.90. The second kappa shape index (κ2) is 8.25. The van der Waals surface area contributed by atoms with Crippen LogP contribution < -0.4 is 15.8 Å². The van der Waals surface area contributed by atoms with Crippen LogP contribution in [-0.4, -0.2) is 25.2 Å². The van der Waals surface area contributed by atoms with Gasteiger partial charge in [0.05, 0.1) is 21.8 Å². The smallest absolute Gasteiger partial charge is 0.261 e. The summed E-state index contributed by atoms with van der Waals surface area (Å²) in [5.41, 5.74) is 4.28. The molecular weight excluding hydrogens is 418 g/mol. The Hall–Kier alpha value is -3.86. The molecule has 1 heterocycles. The number of primary amides is 1. The van der Waals surface area contributed by atoms with Crippen LogP contribution in [0.1, 0.15) is 20.7 Å². The quantitative estimate of drug-likeness (QED) is 0.551. The van der Waals surface area contributed by atoms with Crippen molar-refractivity contribution in [3.05, 3.63) is 83.7 Å². The Bertz CT molecular complexity index is 1220. The number of carbonyl (C=O) groups excluding carboxylic acids is 2. The second-order valence-electron chi connectivity index (χ2n) is 6.00. The van der Waals surface area contributed by atoms with Crippen molar-refractivity contribution in [1.29, 1.82) is 0 Å². The minimum Gasteiger partial charge on any atom is -0.366 e. The Morgan fingerprint density at radius 3 is 2.17 bits per heavy atom. The van der Waals surface area contributed by atoms with Gasteiger partial charge >= 0.3 is 0 Å². The van der Waals surface area contributed by atoms with E-state index in [9.17, 15) is 26.8 Å². The van der Waals surface area contributed by atoms with Gasteiger partial charge in [-0.05, 0) is 42.5 Å².